The number of carbonyl (C=O) groups is 1. The summed E-state index contributed by atoms with van der Waals surface area (Å²) in [6.45, 7) is 3.47. The Hall–Kier alpha value is -3.20. The Bertz CT molecular complexity index is 1400. The lowest BCUT2D eigenvalue weighted by atomic mass is 9.83. The van der Waals surface area contributed by atoms with Crippen molar-refractivity contribution in [3.63, 3.8) is 0 Å². The van der Waals surface area contributed by atoms with Crippen molar-refractivity contribution in [3.05, 3.63) is 70.3 Å². The van der Waals surface area contributed by atoms with Gasteiger partial charge in [0.1, 0.15) is 55.8 Å². The van der Waals surface area contributed by atoms with E-state index in [9.17, 15) is 30.3 Å². The second-order valence-electron chi connectivity index (χ2n) is 11.0. The van der Waals surface area contributed by atoms with Gasteiger partial charge in [0.2, 0.25) is 12.2 Å². The number of hydrogen-bond acceptors (Lipinski definition) is 11. The Morgan fingerprint density at radius 3 is 2.52 bits per heavy atom. The number of carbonyl (C=O) groups excluding carboxylic acids is 1. The largest absolute Gasteiger partial charge is 0.504 e. The smallest absolute Gasteiger partial charge is 0.247 e. The Labute approximate surface area is 259 Å². The molecule has 9 atom stereocenters. The van der Waals surface area contributed by atoms with E-state index in [-0.39, 0.29) is 36.9 Å². The summed E-state index contributed by atoms with van der Waals surface area (Å²) >= 11 is 5.98. The van der Waals surface area contributed by atoms with Crippen LogP contribution in [0.15, 0.2) is 59.7 Å². The third-order valence-corrected chi connectivity index (χ3v) is 8.10. The highest BCUT2D eigenvalue weighted by Crippen LogP contribution is 2.34. The number of halogens is 1. The van der Waals surface area contributed by atoms with Crippen molar-refractivity contribution in [1.29, 1.82) is 0 Å². The predicted octanol–water partition coefficient (Wildman–Crippen LogP) is 1.65. The van der Waals surface area contributed by atoms with E-state index in [0.717, 1.165) is 5.57 Å². The van der Waals surface area contributed by atoms with Crippen LogP contribution in [0.3, 0.4) is 0 Å². The Balaban J connectivity index is 1.15. The van der Waals surface area contributed by atoms with Crippen molar-refractivity contribution in [2.24, 2.45) is 0 Å². The third kappa shape index (κ3) is 7.19. The SMILES string of the molecule is CC(=Cc1ccc(O[C@H]2C[C@H](O)[C@@H](C(C)=CCOc3cccc(Cl)c3)O2)c(O)c1)C(=O)N[C@@H]1[C@H](O)[C@H](O)[C@H]2OCO[C@H]2[C@@H]1O. The van der Waals surface area contributed by atoms with Gasteiger partial charge in [-0.2, -0.15) is 0 Å². The van der Waals surface area contributed by atoms with Gasteiger partial charge in [-0.25, -0.2) is 0 Å². The molecule has 1 amide bonds. The number of amides is 1. The van der Waals surface area contributed by atoms with Crippen LogP contribution in [0.1, 0.15) is 25.8 Å². The molecule has 238 valence electrons. The molecule has 0 unspecified atom stereocenters. The number of phenolic OH excluding ortho intramolecular Hbond substituents is 1. The predicted molar refractivity (Wildman–Crippen MR) is 157 cm³/mol. The summed E-state index contributed by atoms with van der Waals surface area (Å²) in [5.41, 5.74) is 1.45. The lowest BCUT2D eigenvalue weighted by molar-refractivity contribution is -0.155. The van der Waals surface area contributed by atoms with Crippen molar-refractivity contribution in [1.82, 2.24) is 5.32 Å². The van der Waals surface area contributed by atoms with Gasteiger partial charge in [0.15, 0.2) is 11.5 Å². The first-order chi connectivity index (χ1) is 21.0. The minimum absolute atomic E-state index is 0.129. The van der Waals surface area contributed by atoms with Crippen molar-refractivity contribution < 1.29 is 54.0 Å². The number of nitrogens with one attached hydrogen (secondary N) is 1. The van der Waals surface area contributed by atoms with E-state index in [4.69, 9.17) is 35.3 Å². The van der Waals surface area contributed by atoms with Gasteiger partial charge in [-0.3, -0.25) is 4.79 Å². The van der Waals surface area contributed by atoms with Gasteiger partial charge in [0, 0.05) is 17.0 Å². The van der Waals surface area contributed by atoms with Gasteiger partial charge in [0.25, 0.3) is 0 Å². The molecule has 0 radical (unpaired) electrons. The number of rotatable bonds is 9. The number of aliphatic hydroxyl groups excluding tert-OH is 4. The maximum absolute atomic E-state index is 12.9. The number of aliphatic hydroxyl groups is 4. The monoisotopic (exact) mass is 633 g/mol. The van der Waals surface area contributed by atoms with Crippen LogP contribution in [0.25, 0.3) is 6.08 Å². The van der Waals surface area contributed by atoms with E-state index in [1.165, 1.54) is 25.1 Å². The van der Waals surface area contributed by atoms with Gasteiger partial charge in [-0.05, 0) is 67.5 Å². The quantitative estimate of drug-likeness (QED) is 0.175. The molecule has 2 aliphatic heterocycles. The van der Waals surface area contributed by atoms with Crippen LogP contribution in [0.4, 0.5) is 0 Å². The Morgan fingerprint density at radius 2 is 1.80 bits per heavy atom. The molecule has 2 aromatic rings. The average molecular weight is 634 g/mol. The van der Waals surface area contributed by atoms with Gasteiger partial charge in [0.05, 0.1) is 12.1 Å². The summed E-state index contributed by atoms with van der Waals surface area (Å²) in [7, 11) is 0. The molecule has 0 bridgehead atoms. The van der Waals surface area contributed by atoms with E-state index < -0.39 is 61.0 Å². The molecule has 6 N–H and O–H groups in total. The van der Waals surface area contributed by atoms with E-state index in [1.807, 2.05) is 6.92 Å². The number of fused-ring (bicyclic) bond motifs is 1. The number of benzene rings is 2. The molecule has 5 rings (SSSR count). The summed E-state index contributed by atoms with van der Waals surface area (Å²) in [4.78, 5) is 12.9. The molecule has 2 heterocycles. The lowest BCUT2D eigenvalue weighted by Gasteiger charge is -2.41. The number of aromatic hydroxyl groups is 1. The van der Waals surface area contributed by atoms with Crippen LogP contribution in [0, 0.1) is 0 Å². The van der Waals surface area contributed by atoms with Crippen molar-refractivity contribution in [2.45, 2.75) is 75.3 Å². The second kappa shape index (κ2) is 13.8. The fourth-order valence-electron chi connectivity index (χ4n) is 5.46. The maximum atomic E-state index is 12.9. The van der Waals surface area contributed by atoms with Crippen LogP contribution < -0.4 is 14.8 Å². The molecule has 1 aliphatic carbocycles. The first kappa shape index (κ1) is 32.2. The first-order valence-corrected chi connectivity index (χ1v) is 14.5. The zero-order valence-electron chi connectivity index (χ0n) is 24.1. The molecule has 3 fully saturated rings. The molecular weight excluding hydrogens is 598 g/mol. The number of phenols is 1. The van der Waals surface area contributed by atoms with E-state index in [1.54, 1.807) is 36.4 Å². The zero-order valence-corrected chi connectivity index (χ0v) is 24.8. The number of ether oxygens (including phenoxy) is 5. The van der Waals surface area contributed by atoms with Crippen molar-refractivity contribution >= 4 is 23.6 Å². The number of hydrogen-bond donors (Lipinski definition) is 6. The van der Waals surface area contributed by atoms with Crippen LogP contribution in [0.5, 0.6) is 17.2 Å². The highest BCUT2D eigenvalue weighted by Gasteiger charge is 2.53. The molecule has 0 aromatic heterocycles. The topological polar surface area (TPSA) is 176 Å². The zero-order chi connectivity index (χ0) is 31.5. The molecule has 12 nitrogen and oxygen atoms in total. The standard InChI is InChI=1S/C31H36ClNO11/c1-15(8-9-40-19-5-3-4-18(32)12-19)28-21(35)13-23(44-28)43-22-7-6-17(11-20(22)34)10-16(2)31(39)33-24-25(36)27(38)30-29(26(24)37)41-14-42-30/h3-8,10-12,21,23-30,34-38H,9,13-14H2,1-2H3,(H,33,39)/t21-,23+,24+,25-,26+,27-,28+,29-,30+/m0/s1. The second-order valence-corrected chi connectivity index (χ2v) is 11.5. The van der Waals surface area contributed by atoms with Crippen molar-refractivity contribution in [2.75, 3.05) is 13.4 Å². The molecule has 2 aromatic carbocycles. The normalized spacial score (nSPS) is 32.3. The van der Waals surface area contributed by atoms with E-state index in [0.29, 0.717) is 16.3 Å². The summed E-state index contributed by atoms with van der Waals surface area (Å²) in [5.74, 6) is -0.0574. The molecule has 1 saturated carbocycles. The van der Waals surface area contributed by atoms with Crippen LogP contribution in [-0.2, 0) is 19.0 Å². The molecule has 3 aliphatic rings. The minimum atomic E-state index is -1.47. The fourth-order valence-corrected chi connectivity index (χ4v) is 5.64. The van der Waals surface area contributed by atoms with Gasteiger partial charge < -0.3 is 54.5 Å². The summed E-state index contributed by atoms with van der Waals surface area (Å²) in [6.07, 6.45) is -4.67. The summed E-state index contributed by atoms with van der Waals surface area (Å²) in [5, 5.41) is 55.6. The van der Waals surface area contributed by atoms with Crippen LogP contribution >= 0.6 is 11.6 Å². The van der Waals surface area contributed by atoms with Crippen LogP contribution in [0.2, 0.25) is 5.02 Å². The van der Waals surface area contributed by atoms with Gasteiger partial charge in [-0.15, -0.1) is 0 Å². The average Bonchev–Trinajstić information content (AvgIpc) is 3.62. The van der Waals surface area contributed by atoms with Crippen LogP contribution in [-0.4, -0.2) is 99.9 Å². The van der Waals surface area contributed by atoms with Crippen molar-refractivity contribution in [3.8, 4) is 17.2 Å². The Morgan fingerprint density at radius 1 is 1.05 bits per heavy atom. The highest BCUT2D eigenvalue weighted by molar-refractivity contribution is 6.30. The molecular formula is C31H36ClNO11. The fraction of sp³-hybridized carbons (Fsp3) is 0.452. The first-order valence-electron chi connectivity index (χ1n) is 14.2. The lowest BCUT2D eigenvalue weighted by Crippen LogP contribution is -2.67. The molecule has 0 spiro atoms. The Kier molecular flexibility index (Phi) is 10.1. The summed E-state index contributed by atoms with van der Waals surface area (Å²) in [6, 6.07) is 10.4. The third-order valence-electron chi connectivity index (χ3n) is 7.87. The van der Waals surface area contributed by atoms with E-state index in [2.05, 4.69) is 5.32 Å². The molecule has 2 saturated heterocycles. The highest BCUT2D eigenvalue weighted by atomic mass is 35.5. The van der Waals surface area contributed by atoms with Gasteiger partial charge in [-0.1, -0.05) is 23.7 Å². The maximum Gasteiger partial charge on any atom is 0.247 e. The summed E-state index contributed by atoms with van der Waals surface area (Å²) < 4.78 is 27.9. The molecule has 44 heavy (non-hydrogen) atoms. The van der Waals surface area contributed by atoms with E-state index >= 15 is 0 Å². The van der Waals surface area contributed by atoms with Gasteiger partial charge >= 0.3 is 0 Å². The minimum Gasteiger partial charge on any atom is -0.504 e. The molecule has 13 heteroatoms.